The molecule has 0 saturated heterocycles. The maximum atomic E-state index is 11.9. The number of halogens is 1. The highest BCUT2D eigenvalue weighted by Crippen LogP contribution is 2.25. The van der Waals surface area contributed by atoms with Gasteiger partial charge in [-0.3, -0.25) is 4.79 Å². The van der Waals surface area contributed by atoms with Gasteiger partial charge in [0.05, 0.1) is 18.9 Å². The summed E-state index contributed by atoms with van der Waals surface area (Å²) >= 11 is 3.30. The Labute approximate surface area is 130 Å². The van der Waals surface area contributed by atoms with E-state index in [0.29, 0.717) is 21.3 Å². The van der Waals surface area contributed by atoms with Gasteiger partial charge in [-0.05, 0) is 51.8 Å². The number of carbonyl (C=O) groups excluding carboxylic acids is 1. The average molecular weight is 349 g/mol. The highest BCUT2D eigenvalue weighted by Gasteiger charge is 2.07. The molecule has 21 heavy (non-hydrogen) atoms. The van der Waals surface area contributed by atoms with Crippen LogP contribution in [-0.4, -0.2) is 24.3 Å². The summed E-state index contributed by atoms with van der Waals surface area (Å²) in [7, 11) is 1.46. The third-order valence-corrected chi connectivity index (χ3v) is 3.39. The van der Waals surface area contributed by atoms with E-state index in [1.54, 1.807) is 30.3 Å². The average Bonchev–Trinajstić information content (AvgIpc) is 2.49. The molecule has 0 aliphatic heterocycles. The van der Waals surface area contributed by atoms with Crippen molar-refractivity contribution in [1.29, 1.82) is 0 Å². The predicted molar refractivity (Wildman–Crippen MR) is 83.9 cm³/mol. The molecule has 0 aliphatic carbocycles. The quantitative estimate of drug-likeness (QED) is 0.659. The largest absolute Gasteiger partial charge is 0.504 e. The van der Waals surface area contributed by atoms with E-state index in [0.717, 1.165) is 0 Å². The molecule has 6 heteroatoms. The Morgan fingerprint density at radius 1 is 1.33 bits per heavy atom. The molecule has 1 amide bonds. The van der Waals surface area contributed by atoms with E-state index in [1.807, 2.05) is 6.07 Å². The van der Waals surface area contributed by atoms with Crippen molar-refractivity contribution < 1.29 is 14.6 Å². The van der Waals surface area contributed by atoms with Crippen molar-refractivity contribution in [3.63, 3.8) is 0 Å². The summed E-state index contributed by atoms with van der Waals surface area (Å²) in [5.41, 5.74) is 3.63. The number of methoxy groups -OCH3 is 1. The number of nitrogens with zero attached hydrogens (tertiary/aromatic N) is 1. The third kappa shape index (κ3) is 3.82. The Kier molecular flexibility index (Phi) is 4.94. The van der Waals surface area contributed by atoms with E-state index in [4.69, 9.17) is 4.74 Å². The number of benzene rings is 2. The van der Waals surface area contributed by atoms with Crippen molar-refractivity contribution in [2.24, 2.45) is 5.10 Å². The lowest BCUT2D eigenvalue weighted by Gasteiger charge is -2.04. The second-order valence-corrected chi connectivity index (χ2v) is 4.96. The first-order valence-electron chi connectivity index (χ1n) is 6.06. The van der Waals surface area contributed by atoms with Crippen LogP contribution in [0.2, 0.25) is 0 Å². The molecular formula is C15H13BrN2O3. The van der Waals surface area contributed by atoms with Crippen molar-refractivity contribution in [3.05, 3.63) is 58.1 Å². The molecule has 0 heterocycles. The normalized spacial score (nSPS) is 10.6. The van der Waals surface area contributed by atoms with Crippen LogP contribution in [0.4, 0.5) is 0 Å². The molecule has 2 aromatic carbocycles. The number of phenolic OH excluding ortho intramolecular Hbond substituents is 1. The SMILES string of the molecule is COc1cc(/C=N\NC(=O)c2ccccc2Br)ccc1O. The maximum absolute atomic E-state index is 11.9. The molecule has 108 valence electrons. The standard InChI is InChI=1S/C15H13BrN2O3/c1-21-14-8-10(6-7-13(14)19)9-17-18-15(20)11-4-2-3-5-12(11)16/h2-9,19H,1H3,(H,18,20)/b17-9-. The summed E-state index contributed by atoms with van der Waals surface area (Å²) in [5.74, 6) is 0.0763. The Morgan fingerprint density at radius 2 is 2.10 bits per heavy atom. The van der Waals surface area contributed by atoms with Crippen LogP contribution in [0.1, 0.15) is 15.9 Å². The van der Waals surface area contributed by atoms with Gasteiger partial charge in [0.15, 0.2) is 11.5 Å². The predicted octanol–water partition coefficient (Wildman–Crippen LogP) is 2.93. The number of aromatic hydroxyl groups is 1. The molecule has 0 atom stereocenters. The van der Waals surface area contributed by atoms with Gasteiger partial charge < -0.3 is 9.84 Å². The van der Waals surface area contributed by atoms with Crippen molar-refractivity contribution in [1.82, 2.24) is 5.43 Å². The lowest BCUT2D eigenvalue weighted by molar-refractivity contribution is 0.0954. The van der Waals surface area contributed by atoms with Gasteiger partial charge in [-0.1, -0.05) is 12.1 Å². The summed E-state index contributed by atoms with van der Waals surface area (Å²) in [6.07, 6.45) is 1.47. The Bertz CT molecular complexity index is 686. The van der Waals surface area contributed by atoms with Gasteiger partial charge in [-0.2, -0.15) is 5.10 Å². The first-order valence-corrected chi connectivity index (χ1v) is 6.86. The van der Waals surface area contributed by atoms with Gasteiger partial charge in [-0.15, -0.1) is 0 Å². The van der Waals surface area contributed by atoms with Gasteiger partial charge in [0.2, 0.25) is 0 Å². The molecule has 0 unspecified atom stereocenters. The van der Waals surface area contributed by atoms with E-state index in [1.165, 1.54) is 19.4 Å². The van der Waals surface area contributed by atoms with E-state index in [9.17, 15) is 9.90 Å². The molecule has 2 N–H and O–H groups in total. The first kappa shape index (κ1) is 15.1. The molecular weight excluding hydrogens is 336 g/mol. The number of carbonyl (C=O) groups is 1. The number of phenols is 1. The third-order valence-electron chi connectivity index (χ3n) is 2.70. The minimum Gasteiger partial charge on any atom is -0.504 e. The number of nitrogens with one attached hydrogen (secondary N) is 1. The van der Waals surface area contributed by atoms with Crippen LogP contribution in [0, 0.1) is 0 Å². The van der Waals surface area contributed by atoms with Gasteiger partial charge in [-0.25, -0.2) is 5.43 Å². The minimum atomic E-state index is -0.315. The molecule has 0 bridgehead atoms. The summed E-state index contributed by atoms with van der Waals surface area (Å²) in [4.78, 5) is 11.9. The summed E-state index contributed by atoms with van der Waals surface area (Å²) in [6.45, 7) is 0. The van der Waals surface area contributed by atoms with Crippen LogP contribution in [0.25, 0.3) is 0 Å². The van der Waals surface area contributed by atoms with Crippen LogP contribution < -0.4 is 10.2 Å². The van der Waals surface area contributed by atoms with Crippen molar-refractivity contribution in [3.8, 4) is 11.5 Å². The van der Waals surface area contributed by atoms with Gasteiger partial charge in [0, 0.05) is 4.47 Å². The molecule has 2 rings (SSSR count). The smallest absolute Gasteiger partial charge is 0.272 e. The van der Waals surface area contributed by atoms with E-state index in [2.05, 4.69) is 26.5 Å². The Morgan fingerprint density at radius 3 is 2.81 bits per heavy atom. The van der Waals surface area contributed by atoms with Crippen molar-refractivity contribution >= 4 is 28.1 Å². The Balaban J connectivity index is 2.06. The highest BCUT2D eigenvalue weighted by atomic mass is 79.9. The van der Waals surface area contributed by atoms with Gasteiger partial charge in [0.25, 0.3) is 5.91 Å². The maximum Gasteiger partial charge on any atom is 0.272 e. The molecule has 0 saturated carbocycles. The second kappa shape index (κ2) is 6.90. The molecule has 0 aliphatic rings. The monoisotopic (exact) mass is 348 g/mol. The topological polar surface area (TPSA) is 70.9 Å². The lowest BCUT2D eigenvalue weighted by atomic mass is 10.2. The lowest BCUT2D eigenvalue weighted by Crippen LogP contribution is -2.18. The van der Waals surface area contributed by atoms with E-state index in [-0.39, 0.29) is 11.7 Å². The second-order valence-electron chi connectivity index (χ2n) is 4.11. The molecule has 0 fully saturated rings. The Hall–Kier alpha value is -2.34. The minimum absolute atomic E-state index is 0.0481. The van der Waals surface area contributed by atoms with Crippen LogP contribution in [0.3, 0.4) is 0 Å². The summed E-state index contributed by atoms with van der Waals surface area (Å²) < 4.78 is 5.69. The number of ether oxygens (including phenoxy) is 1. The van der Waals surface area contributed by atoms with Crippen molar-refractivity contribution in [2.75, 3.05) is 7.11 Å². The van der Waals surface area contributed by atoms with Crippen LogP contribution in [0.5, 0.6) is 11.5 Å². The fourth-order valence-electron chi connectivity index (χ4n) is 1.65. The fourth-order valence-corrected chi connectivity index (χ4v) is 2.11. The fraction of sp³-hybridized carbons (Fsp3) is 0.0667. The van der Waals surface area contributed by atoms with Gasteiger partial charge in [0.1, 0.15) is 0 Å². The van der Waals surface area contributed by atoms with Crippen molar-refractivity contribution in [2.45, 2.75) is 0 Å². The summed E-state index contributed by atoms with van der Waals surface area (Å²) in [6, 6.07) is 11.8. The first-order chi connectivity index (χ1) is 10.1. The zero-order valence-electron chi connectivity index (χ0n) is 11.2. The molecule has 2 aromatic rings. The number of amides is 1. The molecule has 0 aromatic heterocycles. The number of hydrazone groups is 1. The van der Waals surface area contributed by atoms with E-state index >= 15 is 0 Å². The van der Waals surface area contributed by atoms with Crippen LogP contribution >= 0.6 is 15.9 Å². The number of rotatable bonds is 4. The van der Waals surface area contributed by atoms with E-state index < -0.39 is 0 Å². The summed E-state index contributed by atoms with van der Waals surface area (Å²) in [5, 5.41) is 13.4. The highest BCUT2D eigenvalue weighted by molar-refractivity contribution is 9.10. The molecule has 0 spiro atoms. The zero-order valence-corrected chi connectivity index (χ0v) is 12.8. The number of hydrogen-bond donors (Lipinski definition) is 2. The van der Waals surface area contributed by atoms with Gasteiger partial charge >= 0.3 is 0 Å². The van der Waals surface area contributed by atoms with Crippen LogP contribution in [-0.2, 0) is 0 Å². The molecule has 5 nitrogen and oxygen atoms in total. The van der Waals surface area contributed by atoms with Crippen LogP contribution in [0.15, 0.2) is 52.0 Å². The zero-order chi connectivity index (χ0) is 15.2. The number of hydrogen-bond acceptors (Lipinski definition) is 4. The molecule has 0 radical (unpaired) electrons.